The fourth-order valence-corrected chi connectivity index (χ4v) is 4.22. The molecule has 5 rings (SSSR count). The van der Waals surface area contributed by atoms with Crippen molar-refractivity contribution in [2.45, 2.75) is 12.5 Å². The third-order valence-electron chi connectivity index (χ3n) is 5.72. The normalized spacial score (nSPS) is 16.0. The van der Waals surface area contributed by atoms with Gasteiger partial charge in [0.05, 0.1) is 13.2 Å². The molecule has 0 N–H and O–H groups in total. The minimum absolute atomic E-state index is 0.00661. The molecule has 0 spiro atoms. The van der Waals surface area contributed by atoms with Gasteiger partial charge in [-0.1, -0.05) is 0 Å². The SMILES string of the molecule is COc1ccc(-c2nc3cccnc3n2[C@H]2CCN(C(=O)c3cc(F)cc(F)c3)C2)cc1. The van der Waals surface area contributed by atoms with Crippen LogP contribution in [0.4, 0.5) is 8.78 Å². The highest BCUT2D eigenvalue weighted by Gasteiger charge is 2.31. The maximum absolute atomic E-state index is 13.6. The van der Waals surface area contributed by atoms with Crippen molar-refractivity contribution in [3.8, 4) is 17.1 Å². The van der Waals surface area contributed by atoms with E-state index in [0.717, 1.165) is 46.5 Å². The molecule has 6 nitrogen and oxygen atoms in total. The van der Waals surface area contributed by atoms with E-state index in [4.69, 9.17) is 9.72 Å². The lowest BCUT2D eigenvalue weighted by Crippen LogP contribution is -2.29. The number of methoxy groups -OCH3 is 1. The number of rotatable bonds is 4. The number of ether oxygens (including phenoxy) is 1. The second-order valence-corrected chi connectivity index (χ2v) is 7.73. The topological polar surface area (TPSA) is 60.3 Å². The molecule has 1 saturated heterocycles. The summed E-state index contributed by atoms with van der Waals surface area (Å²) < 4.78 is 34.5. The summed E-state index contributed by atoms with van der Waals surface area (Å²) in [5.41, 5.74) is 2.40. The Kier molecular flexibility index (Phi) is 5.05. The molecule has 32 heavy (non-hydrogen) atoms. The first kappa shape index (κ1) is 20.1. The Morgan fingerprint density at radius 2 is 1.84 bits per heavy atom. The summed E-state index contributed by atoms with van der Waals surface area (Å²) in [5.74, 6) is -0.437. The lowest BCUT2D eigenvalue weighted by molar-refractivity contribution is 0.0787. The molecule has 1 atom stereocenters. The zero-order valence-electron chi connectivity index (χ0n) is 17.3. The van der Waals surface area contributed by atoms with Crippen molar-refractivity contribution in [3.63, 3.8) is 0 Å². The van der Waals surface area contributed by atoms with E-state index in [-0.39, 0.29) is 11.6 Å². The molecule has 4 aromatic rings. The van der Waals surface area contributed by atoms with E-state index in [1.54, 1.807) is 18.2 Å². The van der Waals surface area contributed by atoms with Crippen molar-refractivity contribution >= 4 is 17.1 Å². The van der Waals surface area contributed by atoms with Gasteiger partial charge < -0.3 is 14.2 Å². The predicted molar refractivity (Wildman–Crippen MR) is 115 cm³/mol. The van der Waals surface area contributed by atoms with Gasteiger partial charge in [0, 0.05) is 36.5 Å². The lowest BCUT2D eigenvalue weighted by atomic mass is 10.1. The molecule has 162 valence electrons. The number of hydrogen-bond donors (Lipinski definition) is 0. The van der Waals surface area contributed by atoms with Crippen LogP contribution in [-0.4, -0.2) is 45.5 Å². The first-order valence-corrected chi connectivity index (χ1v) is 10.3. The number of likely N-dealkylation sites (tertiary alicyclic amines) is 1. The molecular weight excluding hydrogens is 414 g/mol. The van der Waals surface area contributed by atoms with E-state index in [0.29, 0.717) is 19.5 Å². The van der Waals surface area contributed by atoms with Gasteiger partial charge in [0.25, 0.3) is 5.91 Å². The maximum atomic E-state index is 13.6. The average molecular weight is 434 g/mol. The summed E-state index contributed by atoms with van der Waals surface area (Å²) in [4.78, 5) is 23.8. The molecule has 0 bridgehead atoms. The van der Waals surface area contributed by atoms with E-state index in [2.05, 4.69) is 9.55 Å². The molecule has 2 aromatic heterocycles. The number of benzene rings is 2. The quantitative estimate of drug-likeness (QED) is 0.476. The molecule has 3 heterocycles. The number of halogens is 2. The van der Waals surface area contributed by atoms with Crippen molar-refractivity contribution in [1.29, 1.82) is 0 Å². The van der Waals surface area contributed by atoms with Gasteiger partial charge in [-0.3, -0.25) is 4.79 Å². The largest absolute Gasteiger partial charge is 0.497 e. The van der Waals surface area contributed by atoms with E-state index in [1.807, 2.05) is 36.4 Å². The van der Waals surface area contributed by atoms with Crippen LogP contribution < -0.4 is 4.74 Å². The second-order valence-electron chi connectivity index (χ2n) is 7.73. The summed E-state index contributed by atoms with van der Waals surface area (Å²) in [6.07, 6.45) is 2.39. The Bertz CT molecular complexity index is 1280. The van der Waals surface area contributed by atoms with Crippen LogP contribution in [0.3, 0.4) is 0 Å². The van der Waals surface area contributed by atoms with Gasteiger partial charge in [-0.2, -0.15) is 0 Å². The molecule has 0 aliphatic carbocycles. The minimum Gasteiger partial charge on any atom is -0.497 e. The van der Waals surface area contributed by atoms with Crippen LogP contribution in [0, 0.1) is 11.6 Å². The maximum Gasteiger partial charge on any atom is 0.254 e. The molecule has 1 aliphatic rings. The number of pyridine rings is 1. The molecule has 8 heteroatoms. The third-order valence-corrected chi connectivity index (χ3v) is 5.72. The lowest BCUT2D eigenvalue weighted by Gasteiger charge is -2.19. The zero-order chi connectivity index (χ0) is 22.2. The van der Waals surface area contributed by atoms with Crippen LogP contribution in [0.1, 0.15) is 22.8 Å². The van der Waals surface area contributed by atoms with Crippen molar-refractivity contribution in [2.24, 2.45) is 0 Å². The number of carbonyl (C=O) groups excluding carboxylic acids is 1. The fraction of sp³-hybridized carbons (Fsp3) is 0.208. The van der Waals surface area contributed by atoms with Crippen LogP contribution in [0.2, 0.25) is 0 Å². The third kappa shape index (κ3) is 3.57. The minimum atomic E-state index is -0.768. The van der Waals surface area contributed by atoms with E-state index >= 15 is 0 Å². The van der Waals surface area contributed by atoms with Gasteiger partial charge in [-0.15, -0.1) is 0 Å². The van der Waals surface area contributed by atoms with E-state index < -0.39 is 17.5 Å². The predicted octanol–water partition coefficient (Wildman–Crippen LogP) is 4.47. The number of carbonyl (C=O) groups is 1. The number of hydrogen-bond acceptors (Lipinski definition) is 4. The first-order chi connectivity index (χ1) is 15.5. The van der Waals surface area contributed by atoms with Gasteiger partial charge in [-0.25, -0.2) is 18.7 Å². The summed E-state index contributed by atoms with van der Waals surface area (Å²) in [7, 11) is 1.61. The van der Waals surface area contributed by atoms with Crippen molar-refractivity contribution in [2.75, 3.05) is 20.2 Å². The number of imidazole rings is 1. The van der Waals surface area contributed by atoms with Gasteiger partial charge >= 0.3 is 0 Å². The molecule has 2 aromatic carbocycles. The Morgan fingerprint density at radius 1 is 1.09 bits per heavy atom. The Balaban J connectivity index is 1.50. The number of fused-ring (bicyclic) bond motifs is 1. The fourth-order valence-electron chi connectivity index (χ4n) is 4.22. The first-order valence-electron chi connectivity index (χ1n) is 10.3. The molecule has 0 unspecified atom stereocenters. The van der Waals surface area contributed by atoms with E-state index in [9.17, 15) is 13.6 Å². The van der Waals surface area contributed by atoms with Crippen molar-refractivity contribution in [1.82, 2.24) is 19.4 Å². The highest BCUT2D eigenvalue weighted by Crippen LogP contribution is 2.33. The second kappa shape index (κ2) is 8.03. The van der Waals surface area contributed by atoms with E-state index in [1.165, 1.54) is 0 Å². The highest BCUT2D eigenvalue weighted by molar-refractivity contribution is 5.94. The summed E-state index contributed by atoms with van der Waals surface area (Å²) in [6, 6.07) is 14.2. The number of nitrogens with zero attached hydrogens (tertiary/aromatic N) is 4. The van der Waals surface area contributed by atoms with Gasteiger partial charge in [-0.05, 0) is 55.0 Å². The van der Waals surface area contributed by atoms with Crippen LogP contribution in [0.15, 0.2) is 60.8 Å². The summed E-state index contributed by atoms with van der Waals surface area (Å²) in [6.45, 7) is 0.859. The summed E-state index contributed by atoms with van der Waals surface area (Å²) in [5, 5.41) is 0. The molecule has 1 aliphatic heterocycles. The van der Waals surface area contributed by atoms with Gasteiger partial charge in [0.2, 0.25) is 0 Å². The van der Waals surface area contributed by atoms with Crippen LogP contribution in [0.5, 0.6) is 5.75 Å². The monoisotopic (exact) mass is 434 g/mol. The smallest absolute Gasteiger partial charge is 0.254 e. The summed E-state index contributed by atoms with van der Waals surface area (Å²) >= 11 is 0. The standard InChI is InChI=1S/C24H20F2N4O2/c1-32-20-6-4-15(5-7-20)22-28-21-3-2-9-27-23(21)30(22)19-8-10-29(14-19)24(31)16-11-17(25)13-18(26)12-16/h2-7,9,11-13,19H,8,10,14H2,1H3/t19-/m0/s1. The molecule has 0 radical (unpaired) electrons. The Morgan fingerprint density at radius 3 is 2.56 bits per heavy atom. The van der Waals surface area contributed by atoms with Crippen molar-refractivity contribution < 1.29 is 18.3 Å². The van der Waals surface area contributed by atoms with Gasteiger partial charge in [0.15, 0.2) is 5.65 Å². The van der Waals surface area contributed by atoms with Crippen molar-refractivity contribution in [3.05, 3.63) is 78.0 Å². The molecular formula is C24H20F2N4O2. The average Bonchev–Trinajstić information content (AvgIpc) is 3.42. The molecule has 1 amide bonds. The zero-order valence-corrected chi connectivity index (χ0v) is 17.3. The Hall–Kier alpha value is -3.81. The van der Waals surface area contributed by atoms with Crippen LogP contribution in [0.25, 0.3) is 22.6 Å². The van der Waals surface area contributed by atoms with Gasteiger partial charge in [0.1, 0.15) is 28.7 Å². The molecule has 1 fully saturated rings. The number of amides is 1. The van der Waals surface area contributed by atoms with Crippen LogP contribution >= 0.6 is 0 Å². The highest BCUT2D eigenvalue weighted by atomic mass is 19.1. The molecule has 0 saturated carbocycles. The number of aromatic nitrogens is 3. The Labute approximate surface area is 183 Å². The van der Waals surface area contributed by atoms with Crippen LogP contribution in [-0.2, 0) is 0 Å².